The SMILES string of the molecule is CC(Sc1cccc(NC(=S)Nc2ccccc2)c1)C(=O)Nc1nc(-c2ccc(Cl)cc2Cl)cs1. The highest BCUT2D eigenvalue weighted by atomic mass is 35.5. The van der Waals surface area contributed by atoms with Gasteiger partial charge in [-0.2, -0.15) is 0 Å². The highest BCUT2D eigenvalue weighted by Crippen LogP contribution is 2.33. The Hall–Kier alpha value is -2.62. The number of carbonyl (C=O) groups excluding carboxylic acids is 1. The molecule has 0 aliphatic heterocycles. The van der Waals surface area contributed by atoms with Crippen LogP contribution in [0.4, 0.5) is 16.5 Å². The maximum atomic E-state index is 12.8. The summed E-state index contributed by atoms with van der Waals surface area (Å²) in [6.45, 7) is 1.85. The third kappa shape index (κ3) is 7.19. The van der Waals surface area contributed by atoms with Crippen LogP contribution in [0, 0.1) is 0 Å². The van der Waals surface area contributed by atoms with E-state index in [1.807, 2.05) is 73.0 Å². The van der Waals surface area contributed by atoms with Gasteiger partial charge in [0.1, 0.15) is 0 Å². The van der Waals surface area contributed by atoms with E-state index in [1.165, 1.54) is 23.1 Å². The van der Waals surface area contributed by atoms with Crippen molar-refractivity contribution in [3.8, 4) is 11.3 Å². The van der Waals surface area contributed by atoms with Gasteiger partial charge in [-0.15, -0.1) is 23.1 Å². The molecule has 0 spiro atoms. The van der Waals surface area contributed by atoms with Crippen molar-refractivity contribution in [1.29, 1.82) is 0 Å². The Morgan fingerprint density at radius 3 is 2.49 bits per heavy atom. The summed E-state index contributed by atoms with van der Waals surface area (Å²) in [7, 11) is 0. The minimum atomic E-state index is -0.342. The maximum Gasteiger partial charge on any atom is 0.239 e. The summed E-state index contributed by atoms with van der Waals surface area (Å²) < 4.78 is 0. The number of para-hydroxylation sites is 1. The molecule has 1 aromatic heterocycles. The van der Waals surface area contributed by atoms with Crippen LogP contribution < -0.4 is 16.0 Å². The summed E-state index contributed by atoms with van der Waals surface area (Å²) in [4.78, 5) is 18.2. The second-order valence-corrected chi connectivity index (χ2v) is 10.9. The normalized spacial score (nSPS) is 11.5. The molecule has 1 amide bonds. The summed E-state index contributed by atoms with van der Waals surface area (Å²) in [6.07, 6.45) is 0. The number of thiocarbonyl (C=S) groups is 1. The molecule has 0 fully saturated rings. The Morgan fingerprint density at radius 2 is 1.71 bits per heavy atom. The second kappa shape index (κ2) is 11.9. The van der Waals surface area contributed by atoms with Gasteiger partial charge in [0.2, 0.25) is 5.91 Å². The molecular formula is C25H20Cl2N4OS3. The van der Waals surface area contributed by atoms with E-state index in [0.717, 1.165) is 21.8 Å². The van der Waals surface area contributed by atoms with Crippen LogP contribution in [0.2, 0.25) is 10.0 Å². The molecule has 0 radical (unpaired) electrons. The van der Waals surface area contributed by atoms with E-state index < -0.39 is 0 Å². The minimum Gasteiger partial charge on any atom is -0.332 e. The smallest absolute Gasteiger partial charge is 0.239 e. The lowest BCUT2D eigenvalue weighted by atomic mass is 10.2. The molecule has 1 unspecified atom stereocenters. The average molecular weight is 560 g/mol. The molecule has 178 valence electrons. The fourth-order valence-corrected chi connectivity index (χ4v) is 5.46. The van der Waals surface area contributed by atoms with Gasteiger partial charge in [0.25, 0.3) is 0 Å². The van der Waals surface area contributed by atoms with Crippen LogP contribution in [0.25, 0.3) is 11.3 Å². The summed E-state index contributed by atoms with van der Waals surface area (Å²) in [5.41, 5.74) is 3.19. The number of thioether (sulfide) groups is 1. The largest absolute Gasteiger partial charge is 0.332 e. The zero-order chi connectivity index (χ0) is 24.8. The molecule has 1 atom stereocenters. The third-order valence-corrected chi connectivity index (χ3v) is 7.35. The van der Waals surface area contributed by atoms with Gasteiger partial charge in [-0.3, -0.25) is 4.79 Å². The standard InChI is InChI=1S/C25H20Cl2N4OS3/c1-15(23(32)31-25-30-22(14-34-25)20-11-10-16(26)12-21(20)27)35-19-9-5-8-18(13-19)29-24(33)28-17-6-3-2-4-7-17/h2-15H,1H3,(H2,28,29,33)(H,30,31,32). The molecule has 0 bridgehead atoms. The molecule has 4 rings (SSSR count). The Bertz CT molecular complexity index is 1350. The summed E-state index contributed by atoms with van der Waals surface area (Å²) in [5.74, 6) is -0.141. The zero-order valence-electron chi connectivity index (χ0n) is 18.4. The molecule has 1 heterocycles. The van der Waals surface area contributed by atoms with Crippen molar-refractivity contribution < 1.29 is 4.79 Å². The predicted octanol–water partition coefficient (Wildman–Crippen LogP) is 8.05. The topological polar surface area (TPSA) is 66.0 Å². The molecule has 3 aromatic carbocycles. The van der Waals surface area contributed by atoms with Crippen molar-refractivity contribution >= 4 is 86.0 Å². The highest BCUT2D eigenvalue weighted by Gasteiger charge is 2.17. The predicted molar refractivity (Wildman–Crippen MR) is 154 cm³/mol. The van der Waals surface area contributed by atoms with E-state index in [2.05, 4.69) is 20.9 Å². The van der Waals surface area contributed by atoms with E-state index >= 15 is 0 Å². The quantitative estimate of drug-likeness (QED) is 0.157. The monoisotopic (exact) mass is 558 g/mol. The van der Waals surface area contributed by atoms with Gasteiger partial charge in [-0.1, -0.05) is 47.5 Å². The molecule has 0 aliphatic carbocycles. The Morgan fingerprint density at radius 1 is 0.971 bits per heavy atom. The number of halogens is 2. The fourth-order valence-electron chi connectivity index (χ4n) is 3.08. The first-order chi connectivity index (χ1) is 16.9. The number of anilines is 3. The molecule has 35 heavy (non-hydrogen) atoms. The summed E-state index contributed by atoms with van der Waals surface area (Å²) in [6, 6.07) is 22.7. The van der Waals surface area contributed by atoms with Crippen LogP contribution in [-0.2, 0) is 4.79 Å². The number of nitrogens with one attached hydrogen (secondary N) is 3. The Kier molecular flexibility index (Phi) is 8.64. The van der Waals surface area contributed by atoms with Crippen LogP contribution in [0.1, 0.15) is 6.92 Å². The fraction of sp³-hybridized carbons (Fsp3) is 0.0800. The van der Waals surface area contributed by atoms with Crippen molar-refractivity contribution in [2.45, 2.75) is 17.1 Å². The number of carbonyl (C=O) groups is 1. The van der Waals surface area contributed by atoms with E-state index in [1.54, 1.807) is 12.1 Å². The lowest BCUT2D eigenvalue weighted by Gasteiger charge is -2.13. The summed E-state index contributed by atoms with van der Waals surface area (Å²) >= 11 is 20.4. The summed E-state index contributed by atoms with van der Waals surface area (Å²) in [5, 5.41) is 12.8. The van der Waals surface area contributed by atoms with Crippen LogP contribution in [0.15, 0.2) is 83.1 Å². The van der Waals surface area contributed by atoms with Crippen molar-refractivity contribution in [3.63, 3.8) is 0 Å². The number of rotatable bonds is 7. The highest BCUT2D eigenvalue weighted by molar-refractivity contribution is 8.00. The number of hydrogen-bond donors (Lipinski definition) is 3. The molecule has 4 aromatic rings. The van der Waals surface area contributed by atoms with Crippen molar-refractivity contribution in [1.82, 2.24) is 4.98 Å². The maximum absolute atomic E-state index is 12.8. The molecular weight excluding hydrogens is 539 g/mol. The first kappa shape index (κ1) is 25.5. The number of nitrogens with zero attached hydrogens (tertiary/aromatic N) is 1. The first-order valence-corrected chi connectivity index (χ1v) is 13.4. The van der Waals surface area contributed by atoms with Gasteiger partial charge in [0, 0.05) is 32.2 Å². The molecule has 3 N–H and O–H groups in total. The van der Waals surface area contributed by atoms with Gasteiger partial charge >= 0.3 is 0 Å². The van der Waals surface area contributed by atoms with E-state index in [-0.39, 0.29) is 11.2 Å². The first-order valence-electron chi connectivity index (χ1n) is 10.5. The van der Waals surface area contributed by atoms with Crippen LogP contribution in [-0.4, -0.2) is 21.3 Å². The number of hydrogen-bond acceptors (Lipinski definition) is 5. The van der Waals surface area contributed by atoms with E-state index in [9.17, 15) is 4.79 Å². The molecule has 5 nitrogen and oxygen atoms in total. The van der Waals surface area contributed by atoms with Crippen molar-refractivity contribution in [3.05, 3.63) is 88.2 Å². The van der Waals surface area contributed by atoms with Crippen LogP contribution in [0.5, 0.6) is 0 Å². The molecule has 0 saturated carbocycles. The lowest BCUT2D eigenvalue weighted by molar-refractivity contribution is -0.115. The van der Waals surface area contributed by atoms with Gasteiger partial charge in [-0.05, 0) is 67.7 Å². The van der Waals surface area contributed by atoms with E-state index in [0.29, 0.717) is 26.0 Å². The van der Waals surface area contributed by atoms with Crippen molar-refractivity contribution in [2.24, 2.45) is 0 Å². The number of aromatic nitrogens is 1. The number of thiazole rings is 1. The van der Waals surface area contributed by atoms with Gasteiger partial charge in [0.05, 0.1) is 16.0 Å². The Labute approximate surface area is 227 Å². The number of amides is 1. The van der Waals surface area contributed by atoms with Crippen LogP contribution >= 0.6 is 58.5 Å². The lowest BCUT2D eigenvalue weighted by Crippen LogP contribution is -2.22. The second-order valence-electron chi connectivity index (χ2n) is 7.38. The number of benzene rings is 3. The molecule has 0 saturated heterocycles. The molecule has 0 aliphatic rings. The van der Waals surface area contributed by atoms with Crippen LogP contribution in [0.3, 0.4) is 0 Å². The third-order valence-electron chi connectivity index (χ3n) is 4.75. The Balaban J connectivity index is 1.34. The van der Waals surface area contributed by atoms with Crippen molar-refractivity contribution in [2.75, 3.05) is 16.0 Å². The average Bonchev–Trinajstić information content (AvgIpc) is 3.28. The minimum absolute atomic E-state index is 0.141. The zero-order valence-corrected chi connectivity index (χ0v) is 22.4. The van der Waals surface area contributed by atoms with Gasteiger partial charge in [-0.25, -0.2) is 4.98 Å². The van der Waals surface area contributed by atoms with Gasteiger partial charge in [0.15, 0.2) is 10.2 Å². The van der Waals surface area contributed by atoms with Gasteiger partial charge < -0.3 is 16.0 Å². The molecule has 10 heteroatoms. The van der Waals surface area contributed by atoms with E-state index in [4.69, 9.17) is 35.4 Å².